The number of nitrogens with one attached hydrogen (secondary N) is 1. The van der Waals surface area contributed by atoms with E-state index in [0.717, 1.165) is 10.1 Å². The molecule has 3 N–H and O–H groups in total. The average molecular weight is 227 g/mol. The van der Waals surface area contributed by atoms with Crippen molar-refractivity contribution in [2.45, 2.75) is 13.5 Å². The van der Waals surface area contributed by atoms with Gasteiger partial charge in [-0.3, -0.25) is 0 Å². The fourth-order valence-electron chi connectivity index (χ4n) is 0.941. The summed E-state index contributed by atoms with van der Waals surface area (Å²) in [5.74, 6) is 0.313. The summed E-state index contributed by atoms with van der Waals surface area (Å²) in [6.07, 6.45) is 1.86. The van der Waals surface area contributed by atoms with Gasteiger partial charge in [-0.05, 0) is 6.92 Å². The van der Waals surface area contributed by atoms with Crippen molar-refractivity contribution in [1.29, 1.82) is 0 Å². The Balaban J connectivity index is 1.94. The van der Waals surface area contributed by atoms with Crippen LogP contribution < -0.4 is 11.1 Å². The predicted octanol–water partition coefficient (Wildman–Crippen LogP) is 1.50. The number of aryl methyl sites for hydroxylation is 1. The number of anilines is 2. The Labute approximate surface area is 89.2 Å². The first-order valence-corrected chi connectivity index (χ1v) is 5.57. The molecule has 0 spiro atoms. The predicted molar refractivity (Wildman–Crippen MR) is 58.5 cm³/mol. The third-order valence-corrected chi connectivity index (χ3v) is 3.10. The van der Waals surface area contributed by atoms with E-state index in [-0.39, 0.29) is 0 Å². The van der Waals surface area contributed by atoms with E-state index in [1.807, 2.05) is 13.1 Å². The molecule has 14 heavy (non-hydrogen) atoms. The number of rotatable bonds is 3. The molecule has 2 rings (SSSR count). The number of nitrogens with zero attached hydrogens (tertiary/aromatic N) is 3. The fraction of sp³-hybridized carbons (Fsp3) is 0.286. The van der Waals surface area contributed by atoms with Crippen molar-refractivity contribution >= 4 is 33.9 Å². The van der Waals surface area contributed by atoms with E-state index in [9.17, 15) is 0 Å². The van der Waals surface area contributed by atoms with Crippen LogP contribution in [0.4, 0.5) is 11.1 Å². The molecule has 0 aliphatic carbocycles. The summed E-state index contributed by atoms with van der Waals surface area (Å²) in [4.78, 5) is 9.41. The van der Waals surface area contributed by atoms with Gasteiger partial charge in [0.05, 0.1) is 6.54 Å². The standard InChI is InChI=1S/C7H9N5S2/c1-4-2-9-5(13-4)3-10-7-11-6(8)12-14-7/h2H,3H2,1H3,(H3,8,10,11,12). The van der Waals surface area contributed by atoms with Crippen LogP contribution in [0.5, 0.6) is 0 Å². The number of hydrogen-bond acceptors (Lipinski definition) is 7. The van der Waals surface area contributed by atoms with Gasteiger partial charge in [0.1, 0.15) is 5.01 Å². The lowest BCUT2D eigenvalue weighted by atomic mass is 10.6. The molecule has 5 nitrogen and oxygen atoms in total. The molecule has 2 heterocycles. The van der Waals surface area contributed by atoms with Crippen molar-refractivity contribution in [2.75, 3.05) is 11.1 Å². The van der Waals surface area contributed by atoms with Crippen LogP contribution in [0.1, 0.15) is 9.88 Å². The molecule has 0 unspecified atom stereocenters. The zero-order valence-corrected chi connectivity index (χ0v) is 9.15. The maximum absolute atomic E-state index is 5.39. The monoisotopic (exact) mass is 227 g/mol. The molecule has 0 aliphatic heterocycles. The van der Waals surface area contributed by atoms with Gasteiger partial charge in [0, 0.05) is 22.6 Å². The first kappa shape index (κ1) is 9.35. The first-order valence-electron chi connectivity index (χ1n) is 3.98. The van der Waals surface area contributed by atoms with Gasteiger partial charge in [0.25, 0.3) is 0 Å². The smallest absolute Gasteiger partial charge is 0.233 e. The van der Waals surface area contributed by atoms with Gasteiger partial charge in [0.15, 0.2) is 0 Å². The van der Waals surface area contributed by atoms with Gasteiger partial charge >= 0.3 is 0 Å². The van der Waals surface area contributed by atoms with E-state index in [1.165, 1.54) is 16.4 Å². The largest absolute Gasteiger partial charge is 0.367 e. The first-order chi connectivity index (χ1) is 6.74. The minimum atomic E-state index is 0.313. The summed E-state index contributed by atoms with van der Waals surface area (Å²) >= 11 is 2.92. The van der Waals surface area contributed by atoms with Crippen LogP contribution in [0, 0.1) is 6.92 Å². The van der Waals surface area contributed by atoms with Crippen molar-refractivity contribution in [1.82, 2.24) is 14.3 Å². The van der Waals surface area contributed by atoms with Gasteiger partial charge in [0.2, 0.25) is 11.1 Å². The molecule has 0 aliphatic rings. The highest BCUT2D eigenvalue weighted by atomic mass is 32.1. The lowest BCUT2D eigenvalue weighted by Gasteiger charge is -1.96. The Morgan fingerprint density at radius 1 is 1.57 bits per heavy atom. The van der Waals surface area contributed by atoms with E-state index in [0.29, 0.717) is 12.5 Å². The number of aromatic nitrogens is 3. The highest BCUT2D eigenvalue weighted by Gasteiger charge is 2.02. The number of thiazole rings is 1. The molecule has 2 aromatic heterocycles. The van der Waals surface area contributed by atoms with Gasteiger partial charge < -0.3 is 11.1 Å². The Morgan fingerprint density at radius 3 is 3.00 bits per heavy atom. The Hall–Kier alpha value is -1.21. The lowest BCUT2D eigenvalue weighted by molar-refractivity contribution is 1.09. The van der Waals surface area contributed by atoms with Gasteiger partial charge in [-0.1, -0.05) is 0 Å². The van der Waals surface area contributed by atoms with Gasteiger partial charge in [-0.2, -0.15) is 9.36 Å². The minimum Gasteiger partial charge on any atom is -0.367 e. The number of hydrogen-bond donors (Lipinski definition) is 2. The summed E-state index contributed by atoms with van der Waals surface area (Å²) in [7, 11) is 0. The van der Waals surface area contributed by atoms with Crippen molar-refractivity contribution < 1.29 is 0 Å². The molecule has 74 valence electrons. The van der Waals surface area contributed by atoms with Gasteiger partial charge in [-0.25, -0.2) is 4.98 Å². The van der Waals surface area contributed by atoms with E-state index < -0.39 is 0 Å². The van der Waals surface area contributed by atoms with Crippen LogP contribution in [0.25, 0.3) is 0 Å². The van der Waals surface area contributed by atoms with Crippen LogP contribution in [0.2, 0.25) is 0 Å². The number of nitrogens with two attached hydrogens (primary N) is 1. The Morgan fingerprint density at radius 2 is 2.43 bits per heavy atom. The Kier molecular flexibility index (Phi) is 2.60. The van der Waals surface area contributed by atoms with Crippen molar-refractivity contribution in [3.63, 3.8) is 0 Å². The summed E-state index contributed by atoms with van der Waals surface area (Å²) in [6, 6.07) is 0. The van der Waals surface area contributed by atoms with Crippen LogP contribution in [0.15, 0.2) is 6.20 Å². The third-order valence-electron chi connectivity index (χ3n) is 1.50. The molecule has 0 fully saturated rings. The molecule has 2 aromatic rings. The topological polar surface area (TPSA) is 76.7 Å². The molecular formula is C7H9N5S2. The van der Waals surface area contributed by atoms with Crippen LogP contribution in [-0.2, 0) is 6.54 Å². The average Bonchev–Trinajstić information content (AvgIpc) is 2.72. The summed E-state index contributed by atoms with van der Waals surface area (Å²) in [5.41, 5.74) is 5.39. The molecule has 0 aromatic carbocycles. The summed E-state index contributed by atoms with van der Waals surface area (Å²) in [5, 5.41) is 4.88. The summed E-state index contributed by atoms with van der Waals surface area (Å²) < 4.78 is 3.86. The highest BCUT2D eigenvalue weighted by Crippen LogP contribution is 2.15. The van der Waals surface area contributed by atoms with E-state index in [1.54, 1.807) is 11.3 Å². The normalized spacial score (nSPS) is 10.4. The van der Waals surface area contributed by atoms with E-state index in [4.69, 9.17) is 5.73 Å². The maximum Gasteiger partial charge on any atom is 0.233 e. The molecular weight excluding hydrogens is 218 g/mol. The quantitative estimate of drug-likeness (QED) is 0.831. The summed E-state index contributed by atoms with van der Waals surface area (Å²) in [6.45, 7) is 2.71. The zero-order valence-electron chi connectivity index (χ0n) is 7.52. The van der Waals surface area contributed by atoms with E-state index in [2.05, 4.69) is 19.7 Å². The molecule has 0 radical (unpaired) electrons. The third kappa shape index (κ3) is 2.18. The SMILES string of the molecule is Cc1cnc(CNc2nc(N)ns2)s1. The van der Waals surface area contributed by atoms with Gasteiger partial charge in [-0.15, -0.1) is 11.3 Å². The van der Waals surface area contributed by atoms with Crippen LogP contribution >= 0.6 is 22.9 Å². The molecule has 0 saturated heterocycles. The number of nitrogen functional groups attached to an aromatic ring is 1. The second-order valence-corrected chi connectivity index (χ2v) is 4.75. The molecule has 0 amide bonds. The minimum absolute atomic E-state index is 0.313. The fourth-order valence-corrected chi connectivity index (χ4v) is 2.16. The zero-order chi connectivity index (χ0) is 9.97. The molecule has 7 heteroatoms. The van der Waals surface area contributed by atoms with Crippen molar-refractivity contribution in [3.05, 3.63) is 16.1 Å². The van der Waals surface area contributed by atoms with Crippen LogP contribution in [0.3, 0.4) is 0 Å². The molecule has 0 bridgehead atoms. The Bertz CT molecular complexity index is 381. The lowest BCUT2D eigenvalue weighted by Crippen LogP contribution is -1.98. The van der Waals surface area contributed by atoms with Crippen LogP contribution in [-0.4, -0.2) is 14.3 Å². The van der Waals surface area contributed by atoms with Crippen molar-refractivity contribution in [2.24, 2.45) is 0 Å². The van der Waals surface area contributed by atoms with E-state index >= 15 is 0 Å². The maximum atomic E-state index is 5.39. The second kappa shape index (κ2) is 3.89. The molecule has 0 atom stereocenters. The molecule has 0 saturated carbocycles. The second-order valence-electron chi connectivity index (χ2n) is 2.68. The van der Waals surface area contributed by atoms with Crippen molar-refractivity contribution in [3.8, 4) is 0 Å². The highest BCUT2D eigenvalue weighted by molar-refractivity contribution is 7.11.